The highest BCUT2D eigenvalue weighted by molar-refractivity contribution is 8.00. The molecule has 2 aromatic carbocycles. The fourth-order valence-electron chi connectivity index (χ4n) is 2.79. The molecule has 2 amide bonds. The molecule has 8 heteroatoms. The number of nitrogens with one attached hydrogen (secondary N) is 2. The maximum Gasteiger partial charge on any atom is 0.239 e. The number of thiazole rings is 1. The molecule has 1 aromatic heterocycles. The minimum Gasteiger partial charge on any atom is -0.350 e. The van der Waals surface area contributed by atoms with Crippen molar-refractivity contribution in [2.45, 2.75) is 37.0 Å². The van der Waals surface area contributed by atoms with Crippen LogP contribution in [-0.4, -0.2) is 22.0 Å². The molecule has 3 aromatic rings. The third-order valence-corrected chi connectivity index (χ3v) is 6.75. The van der Waals surface area contributed by atoms with Crippen molar-refractivity contribution in [3.05, 3.63) is 64.5 Å². The molecular weight excluding hydrogens is 438 g/mol. The molecule has 0 unspecified atom stereocenters. The molecule has 0 aliphatic rings. The van der Waals surface area contributed by atoms with Crippen molar-refractivity contribution >= 4 is 51.6 Å². The van der Waals surface area contributed by atoms with Crippen LogP contribution in [0.5, 0.6) is 0 Å². The fraction of sp³-hybridized carbons (Fsp3) is 0.227. The average Bonchev–Trinajstić information content (AvgIpc) is 3.17. The Morgan fingerprint density at radius 1 is 1.10 bits per heavy atom. The van der Waals surface area contributed by atoms with Crippen LogP contribution in [0.4, 0.5) is 5.13 Å². The molecule has 2 atom stereocenters. The lowest BCUT2D eigenvalue weighted by molar-refractivity contribution is -0.119. The zero-order valence-electron chi connectivity index (χ0n) is 16.8. The van der Waals surface area contributed by atoms with Crippen molar-refractivity contribution in [2.24, 2.45) is 0 Å². The number of thioether (sulfide) groups is 1. The Morgan fingerprint density at radius 2 is 1.80 bits per heavy atom. The second kappa shape index (κ2) is 10.1. The molecule has 0 spiro atoms. The van der Waals surface area contributed by atoms with E-state index in [0.29, 0.717) is 10.2 Å². The first-order valence-corrected chi connectivity index (χ1v) is 11.5. The maximum absolute atomic E-state index is 12.5. The molecule has 156 valence electrons. The van der Waals surface area contributed by atoms with Gasteiger partial charge in [-0.3, -0.25) is 9.59 Å². The van der Waals surface area contributed by atoms with E-state index >= 15 is 0 Å². The predicted molar refractivity (Wildman–Crippen MR) is 125 cm³/mol. The van der Waals surface area contributed by atoms with E-state index in [0.717, 1.165) is 21.7 Å². The van der Waals surface area contributed by atoms with Crippen LogP contribution >= 0.6 is 34.7 Å². The van der Waals surface area contributed by atoms with Gasteiger partial charge < -0.3 is 10.6 Å². The fourth-order valence-corrected chi connectivity index (χ4v) is 4.66. The number of benzene rings is 2. The normalized spacial score (nSPS) is 12.8. The summed E-state index contributed by atoms with van der Waals surface area (Å²) < 4.78 is 0. The summed E-state index contributed by atoms with van der Waals surface area (Å²) in [5.74, 6) is -0.186. The SMILES string of the molecule is CC(=O)N[C@H](C)c1ccc(-c2csc(NC(=O)[C@H](C)Sc3ccccc3Cl)n2)cc1. The molecule has 0 saturated carbocycles. The maximum atomic E-state index is 12.5. The summed E-state index contributed by atoms with van der Waals surface area (Å²) in [5, 5.41) is 8.53. The summed E-state index contributed by atoms with van der Waals surface area (Å²) in [6.45, 7) is 5.28. The number of hydrogen-bond donors (Lipinski definition) is 2. The highest BCUT2D eigenvalue weighted by Crippen LogP contribution is 2.31. The number of carbonyl (C=O) groups excluding carboxylic acids is 2. The molecule has 0 bridgehead atoms. The van der Waals surface area contributed by atoms with Crippen LogP contribution in [0.1, 0.15) is 32.4 Å². The summed E-state index contributed by atoms with van der Waals surface area (Å²) in [4.78, 5) is 29.2. The second-order valence-corrected chi connectivity index (χ2v) is 9.41. The van der Waals surface area contributed by atoms with E-state index in [1.54, 1.807) is 0 Å². The molecule has 0 saturated heterocycles. The first-order valence-electron chi connectivity index (χ1n) is 9.38. The number of halogens is 1. The lowest BCUT2D eigenvalue weighted by Gasteiger charge is -2.13. The van der Waals surface area contributed by atoms with E-state index in [1.807, 2.05) is 67.8 Å². The number of amides is 2. The first kappa shape index (κ1) is 22.3. The summed E-state index contributed by atoms with van der Waals surface area (Å²) in [6.07, 6.45) is 0. The third-order valence-electron chi connectivity index (χ3n) is 4.37. The second-order valence-electron chi connectivity index (χ2n) is 6.76. The standard InChI is InChI=1S/C22H22ClN3O2S2/c1-13(24-15(3)27)16-8-10-17(11-9-16)19-12-29-22(25-19)26-21(28)14(2)30-20-7-5-4-6-18(20)23/h4-14H,1-3H3,(H,24,27)(H,25,26,28)/t13-,14+/m1/s1. The molecule has 0 fully saturated rings. The molecule has 30 heavy (non-hydrogen) atoms. The number of nitrogens with zero attached hydrogens (tertiary/aromatic N) is 1. The number of aromatic nitrogens is 1. The van der Waals surface area contributed by atoms with Gasteiger partial charge in [-0.1, -0.05) is 48.0 Å². The van der Waals surface area contributed by atoms with Crippen molar-refractivity contribution in [1.29, 1.82) is 0 Å². The van der Waals surface area contributed by atoms with Crippen LogP contribution in [-0.2, 0) is 9.59 Å². The Hall–Kier alpha value is -2.35. The van der Waals surface area contributed by atoms with E-state index < -0.39 is 0 Å². The number of anilines is 1. The minimum atomic E-state index is -0.313. The van der Waals surface area contributed by atoms with Crippen molar-refractivity contribution in [3.8, 4) is 11.3 Å². The van der Waals surface area contributed by atoms with Gasteiger partial charge in [-0.2, -0.15) is 0 Å². The number of rotatable bonds is 7. The molecule has 3 rings (SSSR count). The third kappa shape index (κ3) is 5.84. The van der Waals surface area contributed by atoms with Crippen LogP contribution < -0.4 is 10.6 Å². The van der Waals surface area contributed by atoms with Crippen LogP contribution in [0.15, 0.2) is 58.8 Å². The highest BCUT2D eigenvalue weighted by Gasteiger charge is 2.17. The average molecular weight is 460 g/mol. The van der Waals surface area contributed by atoms with Gasteiger partial charge in [0, 0.05) is 22.8 Å². The van der Waals surface area contributed by atoms with Gasteiger partial charge in [0.15, 0.2) is 5.13 Å². The lowest BCUT2D eigenvalue weighted by Crippen LogP contribution is -2.23. The van der Waals surface area contributed by atoms with Gasteiger partial charge in [0.1, 0.15) is 0 Å². The Kier molecular flexibility index (Phi) is 7.53. The minimum absolute atomic E-state index is 0.0565. The van der Waals surface area contributed by atoms with Crippen LogP contribution in [0.3, 0.4) is 0 Å². The summed E-state index contributed by atoms with van der Waals surface area (Å²) >= 11 is 8.97. The molecule has 0 radical (unpaired) electrons. The summed E-state index contributed by atoms with van der Waals surface area (Å²) in [7, 11) is 0. The van der Waals surface area contributed by atoms with Gasteiger partial charge >= 0.3 is 0 Å². The van der Waals surface area contributed by atoms with Crippen LogP contribution in [0, 0.1) is 0 Å². The summed E-state index contributed by atoms with van der Waals surface area (Å²) in [5.41, 5.74) is 2.76. The Bertz CT molecular complexity index is 1040. The van der Waals surface area contributed by atoms with E-state index in [4.69, 9.17) is 11.6 Å². The summed E-state index contributed by atoms with van der Waals surface area (Å²) in [6, 6.07) is 15.3. The van der Waals surface area contributed by atoms with E-state index in [9.17, 15) is 9.59 Å². The Balaban J connectivity index is 1.62. The molecule has 0 aliphatic carbocycles. The smallest absolute Gasteiger partial charge is 0.239 e. The topological polar surface area (TPSA) is 71.1 Å². The van der Waals surface area contributed by atoms with Gasteiger partial charge in [0.05, 0.1) is 22.0 Å². The molecule has 5 nitrogen and oxygen atoms in total. The number of carbonyl (C=O) groups is 2. The Morgan fingerprint density at radius 3 is 2.47 bits per heavy atom. The largest absolute Gasteiger partial charge is 0.350 e. The zero-order chi connectivity index (χ0) is 21.7. The van der Waals surface area contributed by atoms with E-state index in [-0.39, 0.29) is 23.1 Å². The Labute approximate surface area is 189 Å². The highest BCUT2D eigenvalue weighted by atomic mass is 35.5. The lowest BCUT2D eigenvalue weighted by atomic mass is 10.1. The van der Waals surface area contributed by atoms with Crippen LogP contribution in [0.25, 0.3) is 11.3 Å². The van der Waals surface area contributed by atoms with Gasteiger partial charge in [0.2, 0.25) is 11.8 Å². The van der Waals surface area contributed by atoms with E-state index in [2.05, 4.69) is 15.6 Å². The van der Waals surface area contributed by atoms with Gasteiger partial charge in [-0.05, 0) is 31.5 Å². The van der Waals surface area contributed by atoms with Crippen molar-refractivity contribution in [2.75, 3.05) is 5.32 Å². The zero-order valence-corrected chi connectivity index (χ0v) is 19.2. The van der Waals surface area contributed by atoms with Gasteiger partial charge in [-0.25, -0.2) is 4.98 Å². The molecule has 2 N–H and O–H groups in total. The molecule has 0 aliphatic heterocycles. The number of hydrogen-bond acceptors (Lipinski definition) is 5. The van der Waals surface area contributed by atoms with Crippen LogP contribution in [0.2, 0.25) is 5.02 Å². The first-order chi connectivity index (χ1) is 14.3. The van der Waals surface area contributed by atoms with Crippen molar-refractivity contribution < 1.29 is 9.59 Å². The monoisotopic (exact) mass is 459 g/mol. The molecule has 1 heterocycles. The van der Waals surface area contributed by atoms with Crippen molar-refractivity contribution in [3.63, 3.8) is 0 Å². The van der Waals surface area contributed by atoms with E-state index in [1.165, 1.54) is 30.0 Å². The van der Waals surface area contributed by atoms with Crippen molar-refractivity contribution in [1.82, 2.24) is 10.3 Å². The van der Waals surface area contributed by atoms with Gasteiger partial charge in [-0.15, -0.1) is 23.1 Å². The molecular formula is C22H22ClN3O2S2. The predicted octanol–water partition coefficient (Wildman–Crippen LogP) is 5.78. The quantitative estimate of drug-likeness (QED) is 0.439. The van der Waals surface area contributed by atoms with Gasteiger partial charge in [0.25, 0.3) is 0 Å².